The summed E-state index contributed by atoms with van der Waals surface area (Å²) in [7, 11) is -3.71. The number of aldehydes is 1. The molecule has 0 radical (unpaired) electrons. The number of benzene rings is 3. The molecule has 3 aromatic rings. The van der Waals surface area contributed by atoms with Crippen LogP contribution in [0.5, 0.6) is 0 Å². The van der Waals surface area contributed by atoms with E-state index in [1.807, 2.05) is 13.8 Å². The predicted octanol–water partition coefficient (Wildman–Crippen LogP) is 4.65. The van der Waals surface area contributed by atoms with Crippen LogP contribution in [0.25, 0.3) is 0 Å². The highest BCUT2D eigenvalue weighted by Crippen LogP contribution is 2.42. The van der Waals surface area contributed by atoms with Crippen LogP contribution in [0.2, 0.25) is 0 Å². The summed E-state index contributed by atoms with van der Waals surface area (Å²) < 4.78 is 28.2. The van der Waals surface area contributed by atoms with E-state index in [0.29, 0.717) is 24.2 Å². The number of carbonyl (C=O) groups is 1. The van der Waals surface area contributed by atoms with E-state index < -0.39 is 10.0 Å². The lowest BCUT2D eigenvalue weighted by Gasteiger charge is -2.20. The number of anilines is 1. The van der Waals surface area contributed by atoms with E-state index in [9.17, 15) is 13.2 Å². The molecule has 0 N–H and O–H groups in total. The van der Waals surface area contributed by atoms with E-state index in [1.165, 1.54) is 9.87 Å². The minimum absolute atomic E-state index is 0.0747. The van der Waals surface area contributed by atoms with E-state index in [4.69, 9.17) is 0 Å². The molecular formula is C24H23NO3S. The molecule has 1 unspecified atom stereocenters. The summed E-state index contributed by atoms with van der Waals surface area (Å²) in [6, 6.07) is 20.4. The largest absolute Gasteiger partial charge is 0.298 e. The van der Waals surface area contributed by atoms with Gasteiger partial charge in [0.25, 0.3) is 10.0 Å². The van der Waals surface area contributed by atoms with Crippen molar-refractivity contribution in [3.05, 3.63) is 94.5 Å². The average Bonchev–Trinajstić information content (AvgIpc) is 3.09. The molecule has 0 spiro atoms. The third kappa shape index (κ3) is 3.58. The summed E-state index contributed by atoms with van der Waals surface area (Å²) in [4.78, 5) is 12.0. The maximum absolute atomic E-state index is 13.4. The summed E-state index contributed by atoms with van der Waals surface area (Å²) in [6.07, 6.45) is 1.50. The van der Waals surface area contributed by atoms with Crippen molar-refractivity contribution in [3.8, 4) is 0 Å². The van der Waals surface area contributed by atoms with Crippen LogP contribution in [0, 0.1) is 13.8 Å². The Balaban J connectivity index is 1.77. The maximum Gasteiger partial charge on any atom is 0.264 e. The standard InChI is InChI=1S/C24H23NO3S/c1-17-6-10-19(11-7-17)14-21-15-25(23-5-3-4-20(16-26)24(21)23)29(27,28)22-12-8-18(2)9-13-22/h3-13,16,21H,14-15H2,1-2H3. The molecule has 1 aliphatic heterocycles. The second kappa shape index (κ2) is 7.48. The summed E-state index contributed by atoms with van der Waals surface area (Å²) >= 11 is 0. The highest BCUT2D eigenvalue weighted by Gasteiger charge is 2.37. The van der Waals surface area contributed by atoms with Crippen molar-refractivity contribution < 1.29 is 13.2 Å². The smallest absolute Gasteiger partial charge is 0.264 e. The van der Waals surface area contributed by atoms with Crippen molar-refractivity contribution in [2.24, 2.45) is 0 Å². The van der Waals surface area contributed by atoms with Crippen LogP contribution in [0.15, 0.2) is 71.6 Å². The Morgan fingerprint density at radius 2 is 1.55 bits per heavy atom. The number of fused-ring (bicyclic) bond motifs is 1. The molecule has 1 heterocycles. The molecule has 0 aliphatic carbocycles. The molecule has 0 amide bonds. The lowest BCUT2D eigenvalue weighted by atomic mass is 9.90. The van der Waals surface area contributed by atoms with Gasteiger partial charge in [-0.3, -0.25) is 9.10 Å². The first kappa shape index (κ1) is 19.4. The number of carbonyl (C=O) groups excluding carboxylic acids is 1. The predicted molar refractivity (Wildman–Crippen MR) is 115 cm³/mol. The highest BCUT2D eigenvalue weighted by atomic mass is 32.2. The Morgan fingerprint density at radius 3 is 2.17 bits per heavy atom. The van der Waals surface area contributed by atoms with Crippen LogP contribution < -0.4 is 4.31 Å². The van der Waals surface area contributed by atoms with Gasteiger partial charge in [-0.05, 0) is 49.6 Å². The minimum atomic E-state index is -3.71. The number of nitrogens with zero attached hydrogens (tertiary/aromatic N) is 1. The molecule has 1 atom stereocenters. The van der Waals surface area contributed by atoms with Gasteiger partial charge in [-0.25, -0.2) is 8.42 Å². The van der Waals surface area contributed by atoms with Gasteiger partial charge in [0.15, 0.2) is 0 Å². The number of aryl methyl sites for hydroxylation is 2. The second-order valence-corrected chi connectivity index (χ2v) is 9.50. The molecule has 0 fully saturated rings. The van der Waals surface area contributed by atoms with Crippen molar-refractivity contribution in [1.82, 2.24) is 0 Å². The molecule has 0 bridgehead atoms. The first-order chi connectivity index (χ1) is 13.9. The van der Waals surface area contributed by atoms with Crippen LogP contribution in [0.4, 0.5) is 5.69 Å². The molecule has 4 rings (SSSR count). The van der Waals surface area contributed by atoms with Gasteiger partial charge in [0.2, 0.25) is 0 Å². The molecule has 0 aromatic heterocycles. The molecule has 0 saturated carbocycles. The van der Waals surface area contributed by atoms with Gasteiger partial charge in [-0.15, -0.1) is 0 Å². The van der Waals surface area contributed by atoms with Crippen molar-refractivity contribution in [1.29, 1.82) is 0 Å². The van der Waals surface area contributed by atoms with Crippen LogP contribution in [-0.4, -0.2) is 21.2 Å². The number of hydrogen-bond acceptors (Lipinski definition) is 3. The third-order valence-corrected chi connectivity index (χ3v) is 7.31. The number of sulfonamides is 1. The van der Waals surface area contributed by atoms with Crippen LogP contribution in [-0.2, 0) is 16.4 Å². The molecule has 0 saturated heterocycles. The summed E-state index contributed by atoms with van der Waals surface area (Å²) in [5.74, 6) is -0.0747. The Bertz CT molecular complexity index is 1150. The van der Waals surface area contributed by atoms with Gasteiger partial charge in [0.1, 0.15) is 6.29 Å². The highest BCUT2D eigenvalue weighted by molar-refractivity contribution is 7.92. The average molecular weight is 406 g/mol. The molecule has 29 heavy (non-hydrogen) atoms. The summed E-state index contributed by atoms with van der Waals surface area (Å²) in [6.45, 7) is 4.29. The van der Waals surface area contributed by atoms with E-state index in [2.05, 4.69) is 24.3 Å². The maximum atomic E-state index is 13.4. The third-order valence-electron chi connectivity index (χ3n) is 5.52. The Hall–Kier alpha value is -2.92. The fraction of sp³-hybridized carbons (Fsp3) is 0.208. The van der Waals surface area contributed by atoms with Gasteiger partial charge in [-0.1, -0.05) is 59.7 Å². The Labute approximate surface area is 171 Å². The fourth-order valence-electron chi connectivity index (χ4n) is 3.97. The van der Waals surface area contributed by atoms with Gasteiger partial charge in [0, 0.05) is 18.0 Å². The van der Waals surface area contributed by atoms with Crippen LogP contribution in [0.1, 0.15) is 38.5 Å². The summed E-state index contributed by atoms with van der Waals surface area (Å²) in [5.41, 5.74) is 5.29. The van der Waals surface area contributed by atoms with E-state index in [-0.39, 0.29) is 10.8 Å². The van der Waals surface area contributed by atoms with Crippen LogP contribution >= 0.6 is 0 Å². The zero-order valence-electron chi connectivity index (χ0n) is 16.5. The van der Waals surface area contributed by atoms with Crippen molar-refractivity contribution in [2.45, 2.75) is 31.1 Å². The SMILES string of the molecule is Cc1ccc(CC2CN(S(=O)(=O)c3ccc(C)cc3)c3cccc(C=O)c32)cc1. The molecule has 1 aliphatic rings. The van der Waals surface area contributed by atoms with E-state index in [1.54, 1.807) is 42.5 Å². The Kier molecular flexibility index (Phi) is 5.01. The van der Waals surface area contributed by atoms with Crippen molar-refractivity contribution >= 4 is 22.0 Å². The monoisotopic (exact) mass is 405 g/mol. The molecule has 3 aromatic carbocycles. The minimum Gasteiger partial charge on any atom is -0.298 e. The lowest BCUT2D eigenvalue weighted by molar-refractivity contribution is 0.112. The quantitative estimate of drug-likeness (QED) is 0.581. The molecule has 4 nitrogen and oxygen atoms in total. The molecule has 148 valence electrons. The topological polar surface area (TPSA) is 54.5 Å². The van der Waals surface area contributed by atoms with Gasteiger partial charge >= 0.3 is 0 Å². The first-order valence-corrected chi connectivity index (χ1v) is 11.1. The Morgan fingerprint density at radius 1 is 0.931 bits per heavy atom. The number of hydrogen-bond donors (Lipinski definition) is 0. The fourth-order valence-corrected chi connectivity index (χ4v) is 5.49. The van der Waals surface area contributed by atoms with Gasteiger partial charge < -0.3 is 0 Å². The van der Waals surface area contributed by atoms with Crippen molar-refractivity contribution in [2.75, 3.05) is 10.8 Å². The zero-order valence-corrected chi connectivity index (χ0v) is 17.3. The normalized spacial score (nSPS) is 15.9. The zero-order chi connectivity index (χ0) is 20.6. The number of rotatable bonds is 5. The lowest BCUT2D eigenvalue weighted by Crippen LogP contribution is -2.30. The van der Waals surface area contributed by atoms with Crippen molar-refractivity contribution in [3.63, 3.8) is 0 Å². The van der Waals surface area contributed by atoms with Crippen LogP contribution in [0.3, 0.4) is 0 Å². The first-order valence-electron chi connectivity index (χ1n) is 9.63. The van der Waals surface area contributed by atoms with Gasteiger partial charge in [0.05, 0.1) is 10.6 Å². The van der Waals surface area contributed by atoms with E-state index >= 15 is 0 Å². The molecular weight excluding hydrogens is 382 g/mol. The van der Waals surface area contributed by atoms with Gasteiger partial charge in [-0.2, -0.15) is 0 Å². The van der Waals surface area contributed by atoms with E-state index in [0.717, 1.165) is 23.0 Å². The summed E-state index contributed by atoms with van der Waals surface area (Å²) in [5, 5.41) is 0. The second-order valence-electron chi connectivity index (χ2n) is 7.63. The molecule has 5 heteroatoms.